The Morgan fingerprint density at radius 1 is 1.35 bits per heavy atom. The lowest BCUT2D eigenvalue weighted by Gasteiger charge is -2.06. The van der Waals surface area contributed by atoms with E-state index in [-0.39, 0.29) is 12.6 Å². The molecule has 0 atom stereocenters. The minimum atomic E-state index is -0.303. The van der Waals surface area contributed by atoms with Crippen LogP contribution in [0.2, 0.25) is 5.02 Å². The number of hydrogen-bond acceptors (Lipinski definition) is 3. The van der Waals surface area contributed by atoms with Gasteiger partial charge in [-0.3, -0.25) is 9.20 Å². The van der Waals surface area contributed by atoms with Crippen LogP contribution >= 0.6 is 11.6 Å². The van der Waals surface area contributed by atoms with E-state index >= 15 is 0 Å². The summed E-state index contributed by atoms with van der Waals surface area (Å²) in [7, 11) is 0. The number of fused-ring (bicyclic) bond motifs is 3. The van der Waals surface area contributed by atoms with Crippen molar-refractivity contribution in [1.82, 2.24) is 9.38 Å². The fraction of sp³-hybridized carbons (Fsp3) is 0.200. The van der Waals surface area contributed by atoms with E-state index in [2.05, 4.69) is 4.98 Å². The zero-order valence-electron chi connectivity index (χ0n) is 11.2. The lowest BCUT2D eigenvalue weighted by atomic mass is 10.2. The van der Waals surface area contributed by atoms with Crippen LogP contribution in [0.3, 0.4) is 0 Å². The number of benzene rings is 1. The molecule has 0 aliphatic rings. The number of aromatic nitrogens is 2. The second-order valence-corrected chi connectivity index (χ2v) is 5.04. The van der Waals surface area contributed by atoms with Gasteiger partial charge < -0.3 is 4.74 Å². The number of aryl methyl sites for hydroxylation is 1. The maximum atomic E-state index is 11.0. The van der Waals surface area contributed by atoms with Crippen molar-refractivity contribution in [3.63, 3.8) is 0 Å². The first-order valence-corrected chi connectivity index (χ1v) is 6.64. The third-order valence-electron chi connectivity index (χ3n) is 3.31. The number of ether oxygens (including phenoxy) is 1. The minimum absolute atomic E-state index is 0.217. The Morgan fingerprint density at radius 3 is 2.90 bits per heavy atom. The van der Waals surface area contributed by atoms with E-state index in [0.717, 1.165) is 27.8 Å². The molecule has 5 heteroatoms. The average Bonchev–Trinajstić information content (AvgIpc) is 2.73. The zero-order valence-corrected chi connectivity index (χ0v) is 11.9. The number of carbonyl (C=O) groups is 1. The van der Waals surface area contributed by atoms with Gasteiger partial charge in [-0.15, -0.1) is 0 Å². The Labute approximate surface area is 120 Å². The lowest BCUT2D eigenvalue weighted by molar-refractivity contribution is -0.142. The third kappa shape index (κ3) is 2.02. The molecular weight excluding hydrogens is 276 g/mol. The molecule has 0 amide bonds. The van der Waals surface area contributed by atoms with Crippen molar-refractivity contribution in [2.24, 2.45) is 0 Å². The number of halogens is 1. The van der Waals surface area contributed by atoms with Crippen molar-refractivity contribution in [1.29, 1.82) is 0 Å². The molecule has 0 spiro atoms. The molecule has 4 nitrogen and oxygen atoms in total. The molecule has 2 heterocycles. The standard InChI is InChI=1S/C15H13ClN2O2/c1-9-14(8-20-10(2)19)18-7-6-11-12(15(18)17-9)4-3-5-13(11)16/h3-7H,8H2,1-2H3. The SMILES string of the molecule is CC(=O)OCc1c(C)nc2c3cccc(Cl)c3ccn12. The minimum Gasteiger partial charge on any atom is -0.459 e. The van der Waals surface area contributed by atoms with E-state index < -0.39 is 0 Å². The first kappa shape index (κ1) is 12.9. The van der Waals surface area contributed by atoms with Gasteiger partial charge in [0.25, 0.3) is 0 Å². The molecule has 1 aromatic carbocycles. The van der Waals surface area contributed by atoms with Gasteiger partial charge in [0.1, 0.15) is 12.3 Å². The normalized spacial score (nSPS) is 11.2. The summed E-state index contributed by atoms with van der Waals surface area (Å²) < 4.78 is 7.03. The monoisotopic (exact) mass is 288 g/mol. The van der Waals surface area contributed by atoms with Crippen LogP contribution < -0.4 is 0 Å². The summed E-state index contributed by atoms with van der Waals surface area (Å²) in [5, 5.41) is 2.65. The molecular formula is C15H13ClN2O2. The first-order valence-electron chi connectivity index (χ1n) is 6.26. The largest absolute Gasteiger partial charge is 0.459 e. The third-order valence-corrected chi connectivity index (χ3v) is 3.64. The smallest absolute Gasteiger partial charge is 0.303 e. The van der Waals surface area contributed by atoms with E-state index in [1.165, 1.54) is 6.92 Å². The highest BCUT2D eigenvalue weighted by molar-refractivity contribution is 6.35. The second kappa shape index (κ2) is 4.80. The number of nitrogens with zero attached hydrogens (tertiary/aromatic N) is 2. The predicted octanol–water partition coefficient (Wildman–Crippen LogP) is 3.51. The highest BCUT2D eigenvalue weighted by atomic mass is 35.5. The zero-order chi connectivity index (χ0) is 14.3. The van der Waals surface area contributed by atoms with Gasteiger partial charge in [-0.25, -0.2) is 4.98 Å². The summed E-state index contributed by atoms with van der Waals surface area (Å²) in [5.41, 5.74) is 2.54. The van der Waals surface area contributed by atoms with Crippen LogP contribution in [0.25, 0.3) is 16.4 Å². The van der Waals surface area contributed by atoms with Crippen molar-refractivity contribution in [2.75, 3.05) is 0 Å². The topological polar surface area (TPSA) is 43.6 Å². The van der Waals surface area contributed by atoms with Crippen LogP contribution in [-0.4, -0.2) is 15.4 Å². The molecule has 0 aliphatic carbocycles. The molecule has 0 N–H and O–H groups in total. The van der Waals surface area contributed by atoms with E-state index in [9.17, 15) is 4.79 Å². The van der Waals surface area contributed by atoms with E-state index in [0.29, 0.717) is 5.02 Å². The molecule has 102 valence electrons. The Balaban J connectivity index is 2.24. The Morgan fingerprint density at radius 2 is 2.15 bits per heavy atom. The van der Waals surface area contributed by atoms with Crippen molar-refractivity contribution in [2.45, 2.75) is 20.5 Å². The lowest BCUT2D eigenvalue weighted by Crippen LogP contribution is -2.02. The Bertz CT molecular complexity index is 823. The summed E-state index contributed by atoms with van der Waals surface area (Å²) in [6.45, 7) is 3.52. The molecule has 0 fully saturated rings. The van der Waals surface area contributed by atoms with Crippen LogP contribution in [0.5, 0.6) is 0 Å². The molecule has 0 bridgehead atoms. The van der Waals surface area contributed by atoms with Crippen LogP contribution in [0.15, 0.2) is 30.5 Å². The van der Waals surface area contributed by atoms with Gasteiger partial charge in [0.05, 0.1) is 11.4 Å². The summed E-state index contributed by atoms with van der Waals surface area (Å²) in [6.07, 6.45) is 1.91. The molecule has 0 unspecified atom stereocenters. The molecule has 0 saturated heterocycles. The molecule has 20 heavy (non-hydrogen) atoms. The van der Waals surface area contributed by atoms with Crippen molar-refractivity contribution >= 4 is 34.0 Å². The molecule has 3 aromatic rings. The fourth-order valence-corrected chi connectivity index (χ4v) is 2.56. The molecule has 0 aliphatic heterocycles. The number of imidazole rings is 1. The van der Waals surface area contributed by atoms with Gasteiger partial charge in [-0.2, -0.15) is 0 Å². The number of hydrogen-bond donors (Lipinski definition) is 0. The van der Waals surface area contributed by atoms with E-state index in [1.54, 1.807) is 0 Å². The van der Waals surface area contributed by atoms with Crippen molar-refractivity contribution in [3.8, 4) is 0 Å². The van der Waals surface area contributed by atoms with Gasteiger partial charge in [0.2, 0.25) is 0 Å². The summed E-state index contributed by atoms with van der Waals surface area (Å²) in [5.74, 6) is -0.303. The Kier molecular flexibility index (Phi) is 3.10. The van der Waals surface area contributed by atoms with E-state index in [4.69, 9.17) is 16.3 Å². The fourth-order valence-electron chi connectivity index (χ4n) is 2.32. The number of carbonyl (C=O) groups excluding carboxylic acids is 1. The van der Waals surface area contributed by atoms with Crippen LogP contribution in [0, 0.1) is 6.92 Å². The van der Waals surface area contributed by atoms with Crippen molar-refractivity contribution < 1.29 is 9.53 Å². The predicted molar refractivity (Wildman–Crippen MR) is 77.9 cm³/mol. The summed E-state index contributed by atoms with van der Waals surface area (Å²) in [4.78, 5) is 15.5. The van der Waals surface area contributed by atoms with E-state index in [1.807, 2.05) is 41.8 Å². The second-order valence-electron chi connectivity index (χ2n) is 4.63. The van der Waals surface area contributed by atoms with Gasteiger partial charge in [-0.05, 0) is 19.1 Å². The molecule has 3 rings (SSSR count). The first-order chi connectivity index (χ1) is 9.58. The van der Waals surface area contributed by atoms with Gasteiger partial charge in [0, 0.05) is 28.9 Å². The molecule has 0 radical (unpaired) electrons. The van der Waals surface area contributed by atoms with Crippen LogP contribution in [-0.2, 0) is 16.1 Å². The van der Waals surface area contributed by atoms with Gasteiger partial charge in [0.15, 0.2) is 0 Å². The molecule has 0 saturated carbocycles. The van der Waals surface area contributed by atoms with Gasteiger partial charge >= 0.3 is 5.97 Å². The molecule has 2 aromatic heterocycles. The highest BCUT2D eigenvalue weighted by Gasteiger charge is 2.13. The van der Waals surface area contributed by atoms with Crippen molar-refractivity contribution in [3.05, 3.63) is 46.9 Å². The number of pyridine rings is 1. The maximum absolute atomic E-state index is 11.0. The highest BCUT2D eigenvalue weighted by Crippen LogP contribution is 2.27. The van der Waals surface area contributed by atoms with Crippen LogP contribution in [0.4, 0.5) is 0 Å². The number of esters is 1. The quantitative estimate of drug-likeness (QED) is 0.678. The average molecular weight is 289 g/mol. The summed E-state index contributed by atoms with van der Waals surface area (Å²) >= 11 is 6.20. The Hall–Kier alpha value is -2.07. The number of rotatable bonds is 2. The maximum Gasteiger partial charge on any atom is 0.303 e. The van der Waals surface area contributed by atoms with Gasteiger partial charge in [-0.1, -0.05) is 23.7 Å². The van der Waals surface area contributed by atoms with Crippen LogP contribution in [0.1, 0.15) is 18.3 Å². The summed E-state index contributed by atoms with van der Waals surface area (Å²) in [6, 6.07) is 7.69.